The Hall–Kier alpha value is -2.24. The molecule has 5 nitrogen and oxygen atoms in total. The summed E-state index contributed by atoms with van der Waals surface area (Å²) in [5, 5.41) is 0. The Morgan fingerprint density at radius 1 is 0.900 bits per heavy atom. The lowest BCUT2D eigenvalue weighted by atomic mass is 9.97. The van der Waals surface area contributed by atoms with E-state index >= 15 is 0 Å². The molecule has 0 saturated carbocycles. The van der Waals surface area contributed by atoms with Gasteiger partial charge in [-0.05, 0) is 74.2 Å². The number of hydrogen-bond acceptors (Lipinski definition) is 5. The van der Waals surface area contributed by atoms with Crippen molar-refractivity contribution in [1.82, 2.24) is 9.80 Å². The van der Waals surface area contributed by atoms with E-state index in [9.17, 15) is 0 Å². The third-order valence-corrected chi connectivity index (χ3v) is 5.91. The summed E-state index contributed by atoms with van der Waals surface area (Å²) in [5.74, 6) is 3.33. The first-order chi connectivity index (χ1) is 14.6. The third-order valence-electron chi connectivity index (χ3n) is 5.91. The number of nitrogens with zero attached hydrogens (tertiary/aromatic N) is 2. The highest BCUT2D eigenvalue weighted by atomic mass is 16.5. The maximum atomic E-state index is 5.41. The van der Waals surface area contributed by atoms with Crippen molar-refractivity contribution in [2.24, 2.45) is 5.92 Å². The Balaban J connectivity index is 1.48. The molecule has 2 aromatic rings. The number of hydrogen-bond donors (Lipinski definition) is 0. The lowest BCUT2D eigenvalue weighted by Gasteiger charge is -2.34. The molecule has 1 fully saturated rings. The summed E-state index contributed by atoms with van der Waals surface area (Å²) in [6, 6.07) is 14.6. The van der Waals surface area contributed by atoms with Gasteiger partial charge in [-0.25, -0.2) is 0 Å². The van der Waals surface area contributed by atoms with E-state index in [4.69, 9.17) is 14.2 Å². The number of piperidine rings is 1. The number of rotatable bonds is 10. The summed E-state index contributed by atoms with van der Waals surface area (Å²) in [6.07, 6.45) is 3.69. The molecule has 3 rings (SSSR count). The molecule has 1 saturated heterocycles. The Morgan fingerprint density at radius 3 is 2.20 bits per heavy atom. The second-order valence-electron chi connectivity index (χ2n) is 8.32. The van der Waals surface area contributed by atoms with Gasteiger partial charge in [0.05, 0.1) is 21.3 Å². The van der Waals surface area contributed by atoms with Crippen molar-refractivity contribution in [2.45, 2.75) is 25.8 Å². The van der Waals surface area contributed by atoms with Gasteiger partial charge in [-0.1, -0.05) is 12.1 Å². The average Bonchev–Trinajstić information content (AvgIpc) is 2.77. The van der Waals surface area contributed by atoms with E-state index < -0.39 is 0 Å². The first-order valence-corrected chi connectivity index (χ1v) is 10.9. The fourth-order valence-corrected chi connectivity index (χ4v) is 4.36. The van der Waals surface area contributed by atoms with Crippen LogP contribution >= 0.6 is 0 Å². The van der Waals surface area contributed by atoms with Crippen molar-refractivity contribution in [3.05, 3.63) is 53.6 Å². The fourth-order valence-electron chi connectivity index (χ4n) is 4.36. The number of ether oxygens (including phenoxy) is 3. The van der Waals surface area contributed by atoms with Gasteiger partial charge in [-0.15, -0.1) is 0 Å². The molecule has 164 valence electrons. The molecule has 0 aromatic heterocycles. The van der Waals surface area contributed by atoms with Gasteiger partial charge in [0.25, 0.3) is 0 Å². The second-order valence-corrected chi connectivity index (χ2v) is 8.32. The van der Waals surface area contributed by atoms with Crippen molar-refractivity contribution in [2.75, 3.05) is 54.6 Å². The van der Waals surface area contributed by atoms with Gasteiger partial charge >= 0.3 is 0 Å². The highest BCUT2D eigenvalue weighted by Gasteiger charge is 2.21. The third kappa shape index (κ3) is 6.64. The van der Waals surface area contributed by atoms with Crippen molar-refractivity contribution >= 4 is 0 Å². The Kier molecular flexibility index (Phi) is 8.40. The molecule has 1 atom stereocenters. The van der Waals surface area contributed by atoms with Gasteiger partial charge in [0.15, 0.2) is 0 Å². The fraction of sp³-hybridized carbons (Fsp3) is 0.520. The minimum atomic E-state index is 0.715. The van der Waals surface area contributed by atoms with E-state index in [2.05, 4.69) is 53.2 Å². The molecule has 0 spiro atoms. The van der Waals surface area contributed by atoms with Crippen LogP contribution in [-0.4, -0.2) is 64.4 Å². The first kappa shape index (κ1) is 22.4. The largest absolute Gasteiger partial charge is 0.497 e. The zero-order valence-electron chi connectivity index (χ0n) is 18.9. The van der Waals surface area contributed by atoms with Crippen LogP contribution in [0.25, 0.3) is 0 Å². The van der Waals surface area contributed by atoms with Gasteiger partial charge in [-0.2, -0.15) is 0 Å². The van der Waals surface area contributed by atoms with Crippen molar-refractivity contribution in [1.29, 1.82) is 0 Å². The lowest BCUT2D eigenvalue weighted by molar-refractivity contribution is 0.142. The monoisotopic (exact) mass is 412 g/mol. The Bertz CT molecular complexity index is 756. The van der Waals surface area contributed by atoms with Crippen molar-refractivity contribution < 1.29 is 14.2 Å². The lowest BCUT2D eigenvalue weighted by Crippen LogP contribution is -2.40. The minimum absolute atomic E-state index is 0.715. The van der Waals surface area contributed by atoms with Crippen LogP contribution in [0.15, 0.2) is 42.5 Å². The number of methoxy groups -OCH3 is 3. The van der Waals surface area contributed by atoms with Crippen LogP contribution in [0.5, 0.6) is 17.2 Å². The Labute approximate surface area is 181 Å². The normalized spacial score (nSPS) is 17.2. The van der Waals surface area contributed by atoms with E-state index in [1.807, 2.05) is 6.07 Å². The molecule has 5 heteroatoms. The molecule has 1 aliphatic rings. The average molecular weight is 413 g/mol. The van der Waals surface area contributed by atoms with Crippen LogP contribution in [0, 0.1) is 5.92 Å². The molecular formula is C25H36N2O3. The van der Waals surface area contributed by atoms with Gasteiger partial charge in [0.1, 0.15) is 17.2 Å². The summed E-state index contributed by atoms with van der Waals surface area (Å²) >= 11 is 0. The van der Waals surface area contributed by atoms with E-state index in [1.54, 1.807) is 21.3 Å². The molecule has 0 N–H and O–H groups in total. The summed E-state index contributed by atoms with van der Waals surface area (Å²) in [7, 11) is 7.32. The number of benzene rings is 2. The Morgan fingerprint density at radius 2 is 1.57 bits per heavy atom. The van der Waals surface area contributed by atoms with Gasteiger partial charge in [0.2, 0.25) is 0 Å². The van der Waals surface area contributed by atoms with Crippen LogP contribution in [0.2, 0.25) is 0 Å². The topological polar surface area (TPSA) is 34.2 Å². The predicted octanol–water partition coefficient (Wildman–Crippen LogP) is 4.10. The highest BCUT2D eigenvalue weighted by Crippen LogP contribution is 2.24. The maximum absolute atomic E-state index is 5.41. The quantitative estimate of drug-likeness (QED) is 0.587. The zero-order valence-corrected chi connectivity index (χ0v) is 18.9. The molecule has 1 unspecified atom stereocenters. The van der Waals surface area contributed by atoms with E-state index in [-0.39, 0.29) is 0 Å². The van der Waals surface area contributed by atoms with E-state index in [0.717, 1.165) is 43.3 Å². The molecule has 0 aliphatic carbocycles. The standard InChI is InChI=1S/C25H36N2O3/c1-26(18-22-14-24(29-3)16-25(15-22)30-4)17-21-6-5-12-27(19-21)13-11-20-7-9-23(28-2)10-8-20/h7-10,14-16,21H,5-6,11-13,17-19H2,1-4H3. The van der Waals surface area contributed by atoms with E-state index in [0.29, 0.717) is 5.92 Å². The molecule has 2 aromatic carbocycles. The van der Waals surface area contributed by atoms with Crippen LogP contribution in [0.1, 0.15) is 24.0 Å². The van der Waals surface area contributed by atoms with Gasteiger partial charge in [-0.3, -0.25) is 0 Å². The summed E-state index contributed by atoms with van der Waals surface area (Å²) in [4.78, 5) is 5.05. The zero-order chi connectivity index (χ0) is 21.3. The van der Waals surface area contributed by atoms with Crippen LogP contribution < -0.4 is 14.2 Å². The molecular weight excluding hydrogens is 376 g/mol. The smallest absolute Gasteiger partial charge is 0.122 e. The number of likely N-dealkylation sites (tertiary alicyclic amines) is 1. The predicted molar refractivity (Wildman–Crippen MR) is 122 cm³/mol. The molecule has 0 radical (unpaired) electrons. The molecule has 0 bridgehead atoms. The summed E-state index contributed by atoms with van der Waals surface area (Å²) < 4.78 is 16.1. The minimum Gasteiger partial charge on any atom is -0.497 e. The highest BCUT2D eigenvalue weighted by molar-refractivity contribution is 5.38. The maximum Gasteiger partial charge on any atom is 0.122 e. The first-order valence-electron chi connectivity index (χ1n) is 10.9. The van der Waals surface area contributed by atoms with Crippen LogP contribution in [0.4, 0.5) is 0 Å². The van der Waals surface area contributed by atoms with Crippen LogP contribution in [0.3, 0.4) is 0 Å². The molecule has 1 heterocycles. The summed E-state index contributed by atoms with van der Waals surface area (Å²) in [5.41, 5.74) is 2.60. The second kappa shape index (κ2) is 11.2. The summed E-state index contributed by atoms with van der Waals surface area (Å²) in [6.45, 7) is 5.53. The molecule has 1 aliphatic heterocycles. The van der Waals surface area contributed by atoms with E-state index in [1.165, 1.54) is 37.1 Å². The SMILES string of the molecule is COc1ccc(CCN2CCCC(CN(C)Cc3cc(OC)cc(OC)c3)C2)cc1. The van der Waals surface area contributed by atoms with Crippen molar-refractivity contribution in [3.8, 4) is 17.2 Å². The van der Waals surface area contributed by atoms with Crippen molar-refractivity contribution in [3.63, 3.8) is 0 Å². The van der Waals surface area contributed by atoms with Crippen LogP contribution in [-0.2, 0) is 13.0 Å². The van der Waals surface area contributed by atoms with Gasteiger partial charge in [0, 0.05) is 32.2 Å². The van der Waals surface area contributed by atoms with Gasteiger partial charge < -0.3 is 24.0 Å². The molecule has 0 amide bonds. The molecule has 30 heavy (non-hydrogen) atoms.